The van der Waals surface area contributed by atoms with Gasteiger partial charge < -0.3 is 10.1 Å². The maximum Gasteiger partial charge on any atom is 0.206 e. The molecule has 0 radical (unpaired) electrons. The number of hydrogen-bond donors (Lipinski definition) is 1. The summed E-state index contributed by atoms with van der Waals surface area (Å²) in [5.41, 5.74) is 0. The average molecular weight is 311 g/mol. The number of hydrogen-bond acceptors (Lipinski definition) is 2. The first kappa shape index (κ1) is 17.7. The molecule has 1 rings (SSSR count). The first-order valence-corrected chi connectivity index (χ1v) is 6.71. The topological polar surface area (TPSA) is 21.3 Å². The molecule has 7 heteroatoms. The molecule has 0 fully saturated rings. The molecule has 120 valence electrons. The van der Waals surface area contributed by atoms with Gasteiger partial charge in [0, 0.05) is 0 Å². The molecular formula is C14H18F5NO. The Labute approximate surface area is 120 Å². The Hall–Kier alpha value is -1.37. The van der Waals surface area contributed by atoms with Gasteiger partial charge in [0.2, 0.25) is 29.1 Å². The Bertz CT molecular complexity index is 450. The van der Waals surface area contributed by atoms with Crippen LogP contribution in [0.25, 0.3) is 0 Å². The predicted octanol–water partition coefficient (Wildman–Crippen LogP) is 3.79. The summed E-state index contributed by atoms with van der Waals surface area (Å²) in [5, 5.41) is 3.16. The first-order valence-electron chi connectivity index (χ1n) is 6.71. The van der Waals surface area contributed by atoms with Crippen molar-refractivity contribution in [1.82, 2.24) is 5.32 Å². The van der Waals surface area contributed by atoms with Gasteiger partial charge in [0.15, 0.2) is 5.75 Å². The molecule has 1 aromatic carbocycles. The number of rotatable bonds is 8. The Balaban J connectivity index is 2.46. The normalized spacial score (nSPS) is 11.2. The molecule has 0 saturated heterocycles. The van der Waals surface area contributed by atoms with Crippen LogP contribution >= 0.6 is 0 Å². The second kappa shape index (κ2) is 8.17. The summed E-state index contributed by atoms with van der Waals surface area (Å²) in [6.07, 6.45) is 1.10. The van der Waals surface area contributed by atoms with E-state index in [1.165, 1.54) is 0 Å². The van der Waals surface area contributed by atoms with Gasteiger partial charge in [-0.05, 0) is 31.8 Å². The molecule has 1 aromatic rings. The minimum atomic E-state index is -2.18. The maximum atomic E-state index is 13.3. The molecule has 0 aliphatic carbocycles. The SMILES string of the molecule is CC(C)CNCCCCOc1c(F)c(F)c(F)c(F)c1F. The van der Waals surface area contributed by atoms with Crippen molar-refractivity contribution in [1.29, 1.82) is 0 Å². The van der Waals surface area contributed by atoms with Gasteiger partial charge in [0.05, 0.1) is 6.61 Å². The molecule has 0 saturated carbocycles. The van der Waals surface area contributed by atoms with Crippen LogP contribution in [0.3, 0.4) is 0 Å². The van der Waals surface area contributed by atoms with Gasteiger partial charge in [-0.2, -0.15) is 8.78 Å². The zero-order valence-corrected chi connectivity index (χ0v) is 11.9. The molecule has 0 aliphatic rings. The Morgan fingerprint density at radius 1 is 0.857 bits per heavy atom. The van der Waals surface area contributed by atoms with Crippen LogP contribution in [0.5, 0.6) is 5.75 Å². The Morgan fingerprint density at radius 2 is 1.38 bits per heavy atom. The number of nitrogens with one attached hydrogen (secondary N) is 1. The summed E-state index contributed by atoms with van der Waals surface area (Å²) < 4.78 is 69.8. The lowest BCUT2D eigenvalue weighted by molar-refractivity contribution is 0.256. The molecule has 0 amide bonds. The summed E-state index contributed by atoms with van der Waals surface area (Å²) in [5.74, 6) is -10.8. The lowest BCUT2D eigenvalue weighted by Gasteiger charge is -2.10. The minimum Gasteiger partial charge on any atom is -0.487 e. The van der Waals surface area contributed by atoms with Gasteiger partial charge in [0.25, 0.3) is 0 Å². The fourth-order valence-electron chi connectivity index (χ4n) is 1.63. The maximum absolute atomic E-state index is 13.3. The summed E-state index contributed by atoms with van der Waals surface area (Å²) in [7, 11) is 0. The summed E-state index contributed by atoms with van der Waals surface area (Å²) >= 11 is 0. The van der Waals surface area contributed by atoms with Crippen molar-refractivity contribution in [3.8, 4) is 5.75 Å². The lowest BCUT2D eigenvalue weighted by atomic mass is 10.2. The van der Waals surface area contributed by atoms with Gasteiger partial charge in [-0.3, -0.25) is 0 Å². The molecule has 0 unspecified atom stereocenters. The highest BCUT2D eigenvalue weighted by Gasteiger charge is 2.26. The van der Waals surface area contributed by atoms with Gasteiger partial charge in [-0.25, -0.2) is 13.2 Å². The van der Waals surface area contributed by atoms with Crippen LogP contribution in [0.1, 0.15) is 26.7 Å². The van der Waals surface area contributed by atoms with E-state index in [0.717, 1.165) is 6.54 Å². The van der Waals surface area contributed by atoms with E-state index < -0.39 is 34.8 Å². The third-order valence-electron chi connectivity index (χ3n) is 2.72. The predicted molar refractivity (Wildman–Crippen MR) is 68.7 cm³/mol. The molecule has 21 heavy (non-hydrogen) atoms. The number of unbranched alkanes of at least 4 members (excludes halogenated alkanes) is 1. The monoisotopic (exact) mass is 311 g/mol. The van der Waals surface area contributed by atoms with Gasteiger partial charge in [-0.15, -0.1) is 0 Å². The largest absolute Gasteiger partial charge is 0.487 e. The average Bonchev–Trinajstić information content (AvgIpc) is 2.45. The van der Waals surface area contributed by atoms with E-state index in [4.69, 9.17) is 0 Å². The van der Waals surface area contributed by atoms with Crippen molar-refractivity contribution in [2.45, 2.75) is 26.7 Å². The van der Waals surface area contributed by atoms with E-state index >= 15 is 0 Å². The van der Waals surface area contributed by atoms with Crippen molar-refractivity contribution in [3.63, 3.8) is 0 Å². The van der Waals surface area contributed by atoms with Crippen molar-refractivity contribution in [3.05, 3.63) is 29.1 Å². The molecule has 1 N–H and O–H groups in total. The highest BCUT2D eigenvalue weighted by Crippen LogP contribution is 2.29. The van der Waals surface area contributed by atoms with Gasteiger partial charge in [-0.1, -0.05) is 13.8 Å². The zero-order chi connectivity index (χ0) is 16.0. The third-order valence-corrected chi connectivity index (χ3v) is 2.72. The lowest BCUT2D eigenvalue weighted by Crippen LogP contribution is -2.21. The van der Waals surface area contributed by atoms with Gasteiger partial charge in [0.1, 0.15) is 0 Å². The first-order chi connectivity index (χ1) is 9.86. The quantitative estimate of drug-likeness (QED) is 0.341. The van der Waals surface area contributed by atoms with Crippen LogP contribution in [0.4, 0.5) is 22.0 Å². The van der Waals surface area contributed by atoms with Crippen molar-refractivity contribution < 1.29 is 26.7 Å². The smallest absolute Gasteiger partial charge is 0.206 e. The summed E-state index contributed by atoms with van der Waals surface area (Å²) in [6, 6.07) is 0. The van der Waals surface area contributed by atoms with E-state index in [2.05, 4.69) is 23.9 Å². The van der Waals surface area contributed by atoms with E-state index in [9.17, 15) is 22.0 Å². The fraction of sp³-hybridized carbons (Fsp3) is 0.571. The van der Waals surface area contributed by atoms with Crippen molar-refractivity contribution >= 4 is 0 Å². The van der Waals surface area contributed by atoms with E-state index in [1.807, 2.05) is 0 Å². The highest BCUT2D eigenvalue weighted by molar-refractivity contribution is 5.29. The Kier molecular flexibility index (Phi) is 6.87. The molecule has 0 atom stereocenters. The second-order valence-corrected chi connectivity index (χ2v) is 5.05. The standard InChI is InChI=1S/C14H18F5NO/c1-8(2)7-20-5-3-4-6-21-14-12(18)10(16)9(15)11(17)13(14)19/h8,20H,3-7H2,1-2H3. The molecular weight excluding hydrogens is 293 g/mol. The van der Waals surface area contributed by atoms with Crippen LogP contribution in [0, 0.1) is 35.0 Å². The number of benzene rings is 1. The highest BCUT2D eigenvalue weighted by atomic mass is 19.2. The zero-order valence-electron chi connectivity index (χ0n) is 11.9. The van der Waals surface area contributed by atoms with Crippen LogP contribution in [-0.4, -0.2) is 19.7 Å². The summed E-state index contributed by atoms with van der Waals surface area (Å²) in [6.45, 7) is 5.53. The second-order valence-electron chi connectivity index (χ2n) is 5.05. The van der Waals surface area contributed by atoms with Crippen LogP contribution in [0.2, 0.25) is 0 Å². The number of halogens is 5. The van der Waals surface area contributed by atoms with Crippen molar-refractivity contribution in [2.24, 2.45) is 5.92 Å². The molecule has 0 bridgehead atoms. The van der Waals surface area contributed by atoms with Crippen LogP contribution < -0.4 is 10.1 Å². The van der Waals surface area contributed by atoms with Crippen LogP contribution in [-0.2, 0) is 0 Å². The molecule has 0 heterocycles. The minimum absolute atomic E-state index is 0.123. The van der Waals surface area contributed by atoms with Crippen molar-refractivity contribution in [2.75, 3.05) is 19.7 Å². The van der Waals surface area contributed by atoms with E-state index in [-0.39, 0.29) is 6.61 Å². The molecule has 2 nitrogen and oxygen atoms in total. The Morgan fingerprint density at radius 3 is 1.90 bits per heavy atom. The van der Waals surface area contributed by atoms with E-state index in [1.54, 1.807) is 0 Å². The van der Waals surface area contributed by atoms with Gasteiger partial charge >= 0.3 is 0 Å². The van der Waals surface area contributed by atoms with Crippen LogP contribution in [0.15, 0.2) is 0 Å². The fourth-order valence-corrected chi connectivity index (χ4v) is 1.63. The molecule has 0 spiro atoms. The molecule has 0 aliphatic heterocycles. The third kappa shape index (κ3) is 4.84. The number of ether oxygens (including phenoxy) is 1. The summed E-state index contributed by atoms with van der Waals surface area (Å²) in [4.78, 5) is 0. The molecule has 0 aromatic heterocycles. The van der Waals surface area contributed by atoms with E-state index in [0.29, 0.717) is 25.3 Å².